The van der Waals surface area contributed by atoms with E-state index in [0.717, 1.165) is 6.26 Å². The van der Waals surface area contributed by atoms with Gasteiger partial charge in [-0.2, -0.15) is 0 Å². The molecule has 7 heteroatoms. The van der Waals surface area contributed by atoms with Gasteiger partial charge in [-0.3, -0.25) is 4.21 Å². The van der Waals surface area contributed by atoms with Crippen molar-refractivity contribution in [2.45, 2.75) is 11.5 Å². The van der Waals surface area contributed by atoms with Gasteiger partial charge in [-0.05, 0) is 0 Å². The van der Waals surface area contributed by atoms with E-state index in [1.165, 1.54) is 0 Å². The summed E-state index contributed by atoms with van der Waals surface area (Å²) in [6.07, 6.45) is 0.888. The molecule has 0 spiro atoms. The molecule has 1 atom stereocenters. The van der Waals surface area contributed by atoms with Crippen molar-refractivity contribution >= 4 is 10.8 Å². The summed E-state index contributed by atoms with van der Waals surface area (Å²) in [5.74, 6) is -6.92. The first-order chi connectivity index (χ1) is 6.91. The summed E-state index contributed by atoms with van der Waals surface area (Å²) >= 11 is 0. The number of benzene rings is 1. The molecule has 15 heavy (non-hydrogen) atoms. The molecule has 0 radical (unpaired) electrons. The standard InChI is InChI=1S/C8H6F4O2S/c1-15(14)8-6(11)4(9)3(2-13)5(10)7(8)12/h13H,2H2,1H3. The Labute approximate surface area is 85.0 Å². The molecule has 0 heterocycles. The number of rotatable bonds is 2. The largest absolute Gasteiger partial charge is 0.391 e. The molecule has 0 saturated carbocycles. The molecular weight excluding hydrogens is 236 g/mol. The van der Waals surface area contributed by atoms with E-state index in [9.17, 15) is 21.8 Å². The highest BCUT2D eigenvalue weighted by molar-refractivity contribution is 7.84. The Balaban J connectivity index is 3.66. The van der Waals surface area contributed by atoms with Gasteiger partial charge in [-0.1, -0.05) is 0 Å². The Morgan fingerprint density at radius 2 is 1.47 bits per heavy atom. The van der Waals surface area contributed by atoms with E-state index in [1.807, 2.05) is 0 Å². The van der Waals surface area contributed by atoms with Crippen molar-refractivity contribution in [3.05, 3.63) is 28.8 Å². The highest BCUT2D eigenvalue weighted by Gasteiger charge is 2.26. The Morgan fingerprint density at radius 1 is 1.07 bits per heavy atom. The third-order valence-electron chi connectivity index (χ3n) is 1.76. The second-order valence-corrected chi connectivity index (χ2v) is 3.99. The number of hydrogen-bond donors (Lipinski definition) is 1. The summed E-state index contributed by atoms with van der Waals surface area (Å²) in [4.78, 5) is -1.16. The second-order valence-electron chi connectivity index (χ2n) is 2.68. The molecule has 0 amide bonds. The van der Waals surface area contributed by atoms with E-state index in [-0.39, 0.29) is 0 Å². The van der Waals surface area contributed by atoms with Crippen LogP contribution in [0.2, 0.25) is 0 Å². The fourth-order valence-electron chi connectivity index (χ4n) is 1.05. The minimum absolute atomic E-state index is 0.888. The van der Waals surface area contributed by atoms with Crippen LogP contribution in [0.15, 0.2) is 4.90 Å². The Bertz CT molecular complexity index is 404. The summed E-state index contributed by atoms with van der Waals surface area (Å²) in [6.45, 7) is -1.18. The van der Waals surface area contributed by atoms with Crippen molar-refractivity contribution < 1.29 is 26.9 Å². The SMILES string of the molecule is CS(=O)c1c(F)c(F)c(CO)c(F)c1F. The van der Waals surface area contributed by atoms with E-state index in [1.54, 1.807) is 0 Å². The number of aliphatic hydroxyl groups excluding tert-OH is 1. The van der Waals surface area contributed by atoms with Gasteiger partial charge in [0.25, 0.3) is 0 Å². The fraction of sp³-hybridized carbons (Fsp3) is 0.250. The van der Waals surface area contributed by atoms with Gasteiger partial charge in [0, 0.05) is 6.26 Å². The normalized spacial score (nSPS) is 12.9. The summed E-state index contributed by atoms with van der Waals surface area (Å²) in [6, 6.07) is 0. The fourth-order valence-corrected chi connectivity index (χ4v) is 1.73. The average molecular weight is 242 g/mol. The van der Waals surface area contributed by atoms with Crippen LogP contribution in [0.4, 0.5) is 17.6 Å². The number of hydrogen-bond acceptors (Lipinski definition) is 2. The molecule has 0 saturated heterocycles. The first kappa shape index (κ1) is 12.1. The van der Waals surface area contributed by atoms with E-state index in [4.69, 9.17) is 5.11 Å². The van der Waals surface area contributed by atoms with Gasteiger partial charge in [-0.15, -0.1) is 0 Å². The molecule has 1 rings (SSSR count). The molecule has 0 aliphatic rings. The molecule has 1 unspecified atom stereocenters. The van der Waals surface area contributed by atoms with Gasteiger partial charge in [-0.25, -0.2) is 17.6 Å². The Hall–Kier alpha value is -0.950. The van der Waals surface area contributed by atoms with Gasteiger partial charge >= 0.3 is 0 Å². The van der Waals surface area contributed by atoms with Crippen LogP contribution in [0.5, 0.6) is 0 Å². The summed E-state index contributed by atoms with van der Waals surface area (Å²) in [7, 11) is -2.19. The lowest BCUT2D eigenvalue weighted by molar-refractivity contribution is 0.260. The molecule has 0 aromatic heterocycles. The first-order valence-electron chi connectivity index (χ1n) is 3.70. The zero-order valence-corrected chi connectivity index (χ0v) is 8.30. The number of aliphatic hydroxyl groups is 1. The van der Waals surface area contributed by atoms with Gasteiger partial charge in [0.15, 0.2) is 23.3 Å². The van der Waals surface area contributed by atoms with Gasteiger partial charge in [0.2, 0.25) is 0 Å². The molecule has 1 aromatic carbocycles. The van der Waals surface area contributed by atoms with Crippen LogP contribution in [0, 0.1) is 23.3 Å². The lowest BCUT2D eigenvalue weighted by Crippen LogP contribution is -2.09. The van der Waals surface area contributed by atoms with Crippen molar-refractivity contribution in [1.29, 1.82) is 0 Å². The minimum atomic E-state index is -2.19. The topological polar surface area (TPSA) is 37.3 Å². The van der Waals surface area contributed by atoms with Crippen LogP contribution in [0.1, 0.15) is 5.56 Å². The molecule has 84 valence electrons. The Morgan fingerprint density at radius 3 is 1.73 bits per heavy atom. The van der Waals surface area contributed by atoms with Gasteiger partial charge < -0.3 is 5.11 Å². The van der Waals surface area contributed by atoms with Gasteiger partial charge in [0.05, 0.1) is 23.0 Å². The first-order valence-corrected chi connectivity index (χ1v) is 5.26. The average Bonchev–Trinajstić information content (AvgIpc) is 2.16. The van der Waals surface area contributed by atoms with Crippen LogP contribution in [-0.4, -0.2) is 15.6 Å². The third-order valence-corrected chi connectivity index (χ3v) is 2.69. The predicted molar refractivity (Wildman–Crippen MR) is 44.5 cm³/mol. The van der Waals surface area contributed by atoms with Crippen LogP contribution in [0.25, 0.3) is 0 Å². The minimum Gasteiger partial charge on any atom is -0.391 e. The molecule has 1 aromatic rings. The summed E-state index contributed by atoms with van der Waals surface area (Å²) in [5, 5.41) is 8.49. The van der Waals surface area contributed by atoms with E-state index in [0.29, 0.717) is 0 Å². The van der Waals surface area contributed by atoms with Crippen LogP contribution >= 0.6 is 0 Å². The van der Waals surface area contributed by atoms with Crippen LogP contribution < -0.4 is 0 Å². The highest BCUT2D eigenvalue weighted by Crippen LogP contribution is 2.25. The summed E-state index contributed by atoms with van der Waals surface area (Å²) in [5.41, 5.74) is -1.11. The zero-order chi connectivity index (χ0) is 11.7. The monoisotopic (exact) mass is 242 g/mol. The lowest BCUT2D eigenvalue weighted by Gasteiger charge is -2.08. The zero-order valence-electron chi connectivity index (χ0n) is 7.48. The van der Waals surface area contributed by atoms with Crippen LogP contribution in [-0.2, 0) is 17.4 Å². The maximum absolute atomic E-state index is 13.1. The number of halogens is 4. The van der Waals surface area contributed by atoms with Crippen molar-refractivity contribution in [1.82, 2.24) is 0 Å². The lowest BCUT2D eigenvalue weighted by atomic mass is 10.2. The van der Waals surface area contributed by atoms with Crippen molar-refractivity contribution in [3.8, 4) is 0 Å². The van der Waals surface area contributed by atoms with Gasteiger partial charge in [0.1, 0.15) is 4.90 Å². The molecule has 1 N–H and O–H groups in total. The molecular formula is C8H6F4O2S. The third kappa shape index (κ3) is 1.89. The molecule has 0 fully saturated rings. The van der Waals surface area contributed by atoms with Crippen LogP contribution in [0.3, 0.4) is 0 Å². The smallest absolute Gasteiger partial charge is 0.178 e. The molecule has 0 bridgehead atoms. The Kier molecular flexibility index (Phi) is 3.46. The maximum Gasteiger partial charge on any atom is 0.178 e. The van der Waals surface area contributed by atoms with Crippen molar-refractivity contribution in [2.24, 2.45) is 0 Å². The predicted octanol–water partition coefficient (Wildman–Crippen LogP) is 1.47. The maximum atomic E-state index is 13.1. The second kappa shape index (κ2) is 4.28. The molecule has 0 aliphatic heterocycles. The highest BCUT2D eigenvalue weighted by atomic mass is 32.2. The van der Waals surface area contributed by atoms with E-state index >= 15 is 0 Å². The molecule has 0 aliphatic carbocycles. The quantitative estimate of drug-likeness (QED) is 0.630. The summed E-state index contributed by atoms with van der Waals surface area (Å²) < 4.78 is 62.9. The van der Waals surface area contributed by atoms with Crippen molar-refractivity contribution in [2.75, 3.05) is 6.26 Å². The van der Waals surface area contributed by atoms with E-state index < -0.39 is 51.1 Å². The van der Waals surface area contributed by atoms with E-state index in [2.05, 4.69) is 0 Å². The van der Waals surface area contributed by atoms with Crippen molar-refractivity contribution in [3.63, 3.8) is 0 Å². The molecule has 2 nitrogen and oxygen atoms in total.